The number of hydrogen-bond acceptors (Lipinski definition) is 3. The van der Waals surface area contributed by atoms with Crippen molar-refractivity contribution in [3.8, 4) is 0 Å². The maximum atomic E-state index is 5.04. The maximum absolute atomic E-state index is 5.04. The average Bonchev–Trinajstić information content (AvgIpc) is 2.76. The molecular weight excluding hydrogens is 316 g/mol. The van der Waals surface area contributed by atoms with Gasteiger partial charge >= 0.3 is 0 Å². The number of hydrogen-bond donors (Lipinski definition) is 1. The van der Waals surface area contributed by atoms with E-state index in [0.29, 0.717) is 5.41 Å². The number of benzene rings is 1. The molecule has 3 nitrogen and oxygen atoms in total. The van der Waals surface area contributed by atoms with Crippen molar-refractivity contribution in [2.45, 2.75) is 26.8 Å². The van der Waals surface area contributed by atoms with E-state index in [1.54, 1.807) is 7.11 Å². The highest BCUT2D eigenvalue weighted by atomic mass is 79.9. The summed E-state index contributed by atoms with van der Waals surface area (Å²) < 4.78 is 6.22. The van der Waals surface area contributed by atoms with Crippen LogP contribution >= 0.6 is 15.9 Å². The lowest BCUT2D eigenvalue weighted by molar-refractivity contribution is 0.199. The minimum atomic E-state index is 0.437. The molecule has 112 valence electrons. The number of nitrogens with zero attached hydrogens (tertiary/aromatic N) is 1. The second kappa shape index (κ2) is 6.92. The number of ether oxygens (including phenoxy) is 1. The van der Waals surface area contributed by atoms with Gasteiger partial charge in [0.15, 0.2) is 0 Å². The summed E-state index contributed by atoms with van der Waals surface area (Å²) in [4.78, 5) is 2.48. The Labute approximate surface area is 130 Å². The lowest BCUT2D eigenvalue weighted by Crippen LogP contribution is -2.23. The molecule has 1 N–H and O–H groups in total. The van der Waals surface area contributed by atoms with Crippen molar-refractivity contribution in [2.24, 2.45) is 5.41 Å². The zero-order chi connectivity index (χ0) is 14.6. The van der Waals surface area contributed by atoms with Crippen molar-refractivity contribution < 1.29 is 4.74 Å². The lowest BCUT2D eigenvalue weighted by Gasteiger charge is -2.22. The van der Waals surface area contributed by atoms with Crippen LogP contribution in [0.5, 0.6) is 0 Å². The fraction of sp³-hybridized carbons (Fsp3) is 0.625. The summed E-state index contributed by atoms with van der Waals surface area (Å²) in [6, 6.07) is 6.69. The van der Waals surface area contributed by atoms with E-state index < -0.39 is 0 Å². The van der Waals surface area contributed by atoms with Crippen molar-refractivity contribution in [1.29, 1.82) is 0 Å². The van der Waals surface area contributed by atoms with Gasteiger partial charge in [0, 0.05) is 43.4 Å². The molecule has 1 saturated heterocycles. The minimum absolute atomic E-state index is 0.437. The van der Waals surface area contributed by atoms with Gasteiger partial charge in [-0.2, -0.15) is 0 Å². The van der Waals surface area contributed by atoms with Crippen molar-refractivity contribution >= 4 is 21.6 Å². The smallest absolute Gasteiger partial charge is 0.0587 e. The highest BCUT2D eigenvalue weighted by molar-refractivity contribution is 9.10. The Morgan fingerprint density at radius 2 is 2.20 bits per heavy atom. The molecule has 0 spiro atoms. The van der Waals surface area contributed by atoms with Crippen molar-refractivity contribution in [2.75, 3.05) is 38.3 Å². The molecule has 1 aliphatic rings. The van der Waals surface area contributed by atoms with E-state index in [4.69, 9.17) is 4.74 Å². The van der Waals surface area contributed by atoms with E-state index in [9.17, 15) is 0 Å². The summed E-state index contributed by atoms with van der Waals surface area (Å²) in [6.07, 6.45) is 1.27. The molecule has 0 radical (unpaired) electrons. The normalized spacial score (nSPS) is 17.7. The van der Waals surface area contributed by atoms with E-state index in [1.165, 1.54) is 22.1 Å². The third-order valence-corrected chi connectivity index (χ3v) is 4.62. The molecule has 1 aromatic rings. The SMILES string of the molecule is COCCNCc1ccc(N2CCC(C)(C)C2)cc1Br. The van der Waals surface area contributed by atoms with E-state index in [2.05, 4.69) is 58.2 Å². The third-order valence-electron chi connectivity index (χ3n) is 3.88. The van der Waals surface area contributed by atoms with Crippen LogP contribution in [0.15, 0.2) is 22.7 Å². The molecular formula is C16H25BrN2O. The summed E-state index contributed by atoms with van der Waals surface area (Å²) in [6.45, 7) is 9.49. The van der Waals surface area contributed by atoms with Crippen molar-refractivity contribution in [3.63, 3.8) is 0 Å². The maximum Gasteiger partial charge on any atom is 0.0587 e. The minimum Gasteiger partial charge on any atom is -0.383 e. The Bertz CT molecular complexity index is 448. The second-order valence-electron chi connectivity index (χ2n) is 6.28. The molecule has 0 saturated carbocycles. The Balaban J connectivity index is 1.95. The molecule has 1 aromatic carbocycles. The van der Waals surface area contributed by atoms with E-state index in [-0.39, 0.29) is 0 Å². The molecule has 2 rings (SSSR count). The molecule has 1 aliphatic heterocycles. The summed E-state index contributed by atoms with van der Waals surface area (Å²) in [7, 11) is 1.73. The van der Waals surface area contributed by atoms with Crippen LogP contribution in [0.25, 0.3) is 0 Å². The highest BCUT2D eigenvalue weighted by Gasteiger charge is 2.29. The predicted molar refractivity (Wildman–Crippen MR) is 88.3 cm³/mol. The first-order valence-electron chi connectivity index (χ1n) is 7.25. The number of halogens is 1. The number of rotatable bonds is 6. The lowest BCUT2D eigenvalue weighted by atomic mass is 9.93. The first-order valence-corrected chi connectivity index (χ1v) is 8.04. The molecule has 4 heteroatoms. The van der Waals surface area contributed by atoms with Crippen LogP contribution in [0.2, 0.25) is 0 Å². The van der Waals surface area contributed by atoms with Gasteiger partial charge < -0.3 is 15.0 Å². The number of anilines is 1. The summed E-state index contributed by atoms with van der Waals surface area (Å²) in [5.74, 6) is 0. The molecule has 0 unspecified atom stereocenters. The van der Waals surface area contributed by atoms with Gasteiger partial charge in [-0.05, 0) is 29.5 Å². The predicted octanol–water partition coefficient (Wildman–Crippen LogP) is 3.42. The molecule has 0 amide bonds. The standard InChI is InChI=1S/C16H25BrN2O/c1-16(2)6-8-19(12-16)14-5-4-13(15(17)10-14)11-18-7-9-20-3/h4-5,10,18H,6-9,11-12H2,1-3H3. The van der Waals surface area contributed by atoms with E-state index >= 15 is 0 Å². The van der Waals surface area contributed by atoms with Gasteiger partial charge in [0.05, 0.1) is 6.61 Å². The first kappa shape index (κ1) is 15.8. The monoisotopic (exact) mass is 340 g/mol. The molecule has 0 atom stereocenters. The van der Waals surface area contributed by atoms with Gasteiger partial charge in [-0.15, -0.1) is 0 Å². The van der Waals surface area contributed by atoms with E-state index in [0.717, 1.165) is 32.8 Å². The molecule has 1 fully saturated rings. The zero-order valence-corrected chi connectivity index (χ0v) is 14.3. The van der Waals surface area contributed by atoms with Gasteiger partial charge in [0.1, 0.15) is 0 Å². The van der Waals surface area contributed by atoms with Crippen LogP contribution in [-0.2, 0) is 11.3 Å². The first-order chi connectivity index (χ1) is 9.52. The van der Waals surface area contributed by atoms with Crippen LogP contribution < -0.4 is 10.2 Å². The van der Waals surface area contributed by atoms with Gasteiger partial charge in [-0.3, -0.25) is 0 Å². The van der Waals surface area contributed by atoms with Crippen molar-refractivity contribution in [3.05, 3.63) is 28.2 Å². The number of nitrogens with one attached hydrogen (secondary N) is 1. The summed E-state index contributed by atoms with van der Waals surface area (Å²) in [5, 5.41) is 3.38. The highest BCUT2D eigenvalue weighted by Crippen LogP contribution is 2.34. The Morgan fingerprint density at radius 3 is 2.80 bits per heavy atom. The van der Waals surface area contributed by atoms with Gasteiger partial charge in [0.25, 0.3) is 0 Å². The fourth-order valence-electron chi connectivity index (χ4n) is 2.61. The third kappa shape index (κ3) is 4.21. The molecule has 20 heavy (non-hydrogen) atoms. The average molecular weight is 341 g/mol. The Kier molecular flexibility index (Phi) is 5.47. The quantitative estimate of drug-likeness (QED) is 0.803. The topological polar surface area (TPSA) is 24.5 Å². The van der Waals surface area contributed by atoms with Crippen LogP contribution in [-0.4, -0.2) is 33.4 Å². The summed E-state index contributed by atoms with van der Waals surface area (Å²) >= 11 is 3.69. The molecule has 0 aromatic heterocycles. The Hall–Kier alpha value is -0.580. The molecule has 0 aliphatic carbocycles. The molecule has 0 bridgehead atoms. The molecule has 1 heterocycles. The van der Waals surface area contributed by atoms with Crippen LogP contribution in [0, 0.1) is 5.41 Å². The second-order valence-corrected chi connectivity index (χ2v) is 7.14. The number of methoxy groups -OCH3 is 1. The summed E-state index contributed by atoms with van der Waals surface area (Å²) in [5.41, 5.74) is 3.05. The van der Waals surface area contributed by atoms with Crippen LogP contribution in [0.1, 0.15) is 25.8 Å². The zero-order valence-electron chi connectivity index (χ0n) is 12.7. The van der Waals surface area contributed by atoms with Gasteiger partial charge in [-0.1, -0.05) is 35.8 Å². The van der Waals surface area contributed by atoms with E-state index in [1.807, 2.05) is 0 Å². The Morgan fingerprint density at radius 1 is 1.40 bits per heavy atom. The van der Waals surface area contributed by atoms with Gasteiger partial charge in [-0.25, -0.2) is 0 Å². The van der Waals surface area contributed by atoms with Crippen LogP contribution in [0.3, 0.4) is 0 Å². The van der Waals surface area contributed by atoms with Crippen LogP contribution in [0.4, 0.5) is 5.69 Å². The van der Waals surface area contributed by atoms with Gasteiger partial charge in [0.2, 0.25) is 0 Å². The largest absolute Gasteiger partial charge is 0.383 e. The van der Waals surface area contributed by atoms with Crippen molar-refractivity contribution in [1.82, 2.24) is 5.32 Å². The fourth-order valence-corrected chi connectivity index (χ4v) is 3.11.